The molecular formula is C26H43N5O3. The number of carbonyl (C=O) groups is 3. The molecule has 0 radical (unpaired) electrons. The van der Waals surface area contributed by atoms with Crippen molar-refractivity contribution in [2.45, 2.75) is 78.8 Å². The van der Waals surface area contributed by atoms with E-state index in [1.54, 1.807) is 9.80 Å². The van der Waals surface area contributed by atoms with E-state index >= 15 is 0 Å². The van der Waals surface area contributed by atoms with Gasteiger partial charge < -0.3 is 19.3 Å². The molecule has 0 aliphatic carbocycles. The summed E-state index contributed by atoms with van der Waals surface area (Å²) in [5.74, 6) is 2.11. The third-order valence-electron chi connectivity index (χ3n) is 7.30. The first-order valence-corrected chi connectivity index (χ1v) is 12.9. The fraction of sp³-hybridized carbons (Fsp3) is 0.769. The molecule has 190 valence electrons. The number of likely N-dealkylation sites (tertiary alicyclic amines) is 1. The Morgan fingerprint density at radius 2 is 1.74 bits per heavy atom. The smallest absolute Gasteiger partial charge is 0.246 e. The van der Waals surface area contributed by atoms with Gasteiger partial charge in [0.1, 0.15) is 17.9 Å². The molecule has 2 aliphatic heterocycles. The number of rotatable bonds is 8. The van der Waals surface area contributed by atoms with E-state index in [0.29, 0.717) is 31.8 Å². The van der Waals surface area contributed by atoms with Crippen LogP contribution in [0, 0.1) is 17.8 Å². The SMILES string of the molecule is CC(=O)N1CCN(C(CC(C)C)C(=O)N2CCC(Cc3nccn3C)CC2)C(=O)[C@@H]1CC(C)C. The molecule has 0 bridgehead atoms. The molecule has 3 rings (SSSR count). The van der Waals surface area contributed by atoms with Crippen LogP contribution in [-0.4, -0.2) is 80.2 Å². The molecule has 2 aliphatic rings. The van der Waals surface area contributed by atoms with Crippen molar-refractivity contribution in [1.82, 2.24) is 24.3 Å². The van der Waals surface area contributed by atoms with Gasteiger partial charge in [-0.2, -0.15) is 0 Å². The van der Waals surface area contributed by atoms with Gasteiger partial charge in [0.2, 0.25) is 17.7 Å². The minimum atomic E-state index is -0.475. The lowest BCUT2D eigenvalue weighted by molar-refractivity contribution is -0.158. The number of piperazine rings is 1. The highest BCUT2D eigenvalue weighted by Crippen LogP contribution is 2.27. The summed E-state index contributed by atoms with van der Waals surface area (Å²) in [6.45, 7) is 12.2. The summed E-state index contributed by atoms with van der Waals surface area (Å²) >= 11 is 0. The lowest BCUT2D eigenvalue weighted by Gasteiger charge is -2.45. The van der Waals surface area contributed by atoms with E-state index in [0.717, 1.165) is 38.2 Å². The van der Waals surface area contributed by atoms with Gasteiger partial charge in [0, 0.05) is 59.0 Å². The van der Waals surface area contributed by atoms with Crippen molar-refractivity contribution < 1.29 is 14.4 Å². The average molecular weight is 474 g/mol. The molecule has 8 nitrogen and oxygen atoms in total. The molecule has 0 saturated carbocycles. The van der Waals surface area contributed by atoms with E-state index in [9.17, 15) is 14.4 Å². The largest absolute Gasteiger partial charge is 0.341 e. The van der Waals surface area contributed by atoms with Crippen molar-refractivity contribution in [3.63, 3.8) is 0 Å². The van der Waals surface area contributed by atoms with Gasteiger partial charge in [-0.1, -0.05) is 27.7 Å². The number of aromatic nitrogens is 2. The highest BCUT2D eigenvalue weighted by atomic mass is 16.2. The lowest BCUT2D eigenvalue weighted by atomic mass is 9.91. The van der Waals surface area contributed by atoms with Crippen LogP contribution in [0.1, 0.15) is 66.1 Å². The van der Waals surface area contributed by atoms with E-state index in [4.69, 9.17) is 0 Å². The van der Waals surface area contributed by atoms with Crippen LogP contribution in [0.5, 0.6) is 0 Å². The summed E-state index contributed by atoms with van der Waals surface area (Å²) < 4.78 is 2.07. The van der Waals surface area contributed by atoms with E-state index in [1.807, 2.05) is 24.3 Å². The number of hydrogen-bond acceptors (Lipinski definition) is 4. The Morgan fingerprint density at radius 1 is 1.06 bits per heavy atom. The Morgan fingerprint density at radius 3 is 2.26 bits per heavy atom. The number of imidazole rings is 1. The number of piperidine rings is 1. The second-order valence-corrected chi connectivity index (χ2v) is 11.0. The maximum atomic E-state index is 13.7. The van der Waals surface area contributed by atoms with Crippen molar-refractivity contribution >= 4 is 17.7 Å². The van der Waals surface area contributed by atoms with Crippen LogP contribution in [0.15, 0.2) is 12.4 Å². The zero-order chi connectivity index (χ0) is 25.0. The minimum absolute atomic E-state index is 0.0667. The summed E-state index contributed by atoms with van der Waals surface area (Å²) in [6, 6.07) is -0.931. The van der Waals surface area contributed by atoms with E-state index < -0.39 is 12.1 Å². The van der Waals surface area contributed by atoms with Gasteiger partial charge >= 0.3 is 0 Å². The van der Waals surface area contributed by atoms with E-state index in [2.05, 4.69) is 37.2 Å². The maximum absolute atomic E-state index is 13.7. The minimum Gasteiger partial charge on any atom is -0.341 e. The Labute approximate surface area is 204 Å². The zero-order valence-electron chi connectivity index (χ0n) is 21.9. The maximum Gasteiger partial charge on any atom is 0.246 e. The summed E-state index contributed by atoms with van der Waals surface area (Å²) in [7, 11) is 2.02. The first-order valence-electron chi connectivity index (χ1n) is 12.9. The number of hydrogen-bond donors (Lipinski definition) is 0. The quantitative estimate of drug-likeness (QED) is 0.582. The van der Waals surface area contributed by atoms with Crippen LogP contribution in [0.2, 0.25) is 0 Å². The van der Waals surface area contributed by atoms with Gasteiger partial charge in [-0.3, -0.25) is 14.4 Å². The van der Waals surface area contributed by atoms with Gasteiger partial charge in [0.15, 0.2) is 0 Å². The van der Waals surface area contributed by atoms with Crippen molar-refractivity contribution in [2.75, 3.05) is 26.2 Å². The molecule has 3 heterocycles. The number of carbonyl (C=O) groups excluding carboxylic acids is 3. The topological polar surface area (TPSA) is 78.8 Å². The van der Waals surface area contributed by atoms with E-state index in [1.165, 1.54) is 6.92 Å². The van der Waals surface area contributed by atoms with E-state index in [-0.39, 0.29) is 29.6 Å². The highest BCUT2D eigenvalue weighted by molar-refractivity contribution is 5.92. The van der Waals surface area contributed by atoms with Gasteiger partial charge in [0.05, 0.1) is 0 Å². The molecule has 34 heavy (non-hydrogen) atoms. The first-order chi connectivity index (χ1) is 16.1. The Hall–Kier alpha value is -2.38. The molecule has 3 amide bonds. The summed E-state index contributed by atoms with van der Waals surface area (Å²) in [6.07, 6.45) is 7.91. The molecule has 0 N–H and O–H groups in total. The summed E-state index contributed by atoms with van der Waals surface area (Å²) in [5.41, 5.74) is 0. The average Bonchev–Trinajstić information content (AvgIpc) is 3.17. The molecular weight excluding hydrogens is 430 g/mol. The van der Waals surface area contributed by atoms with Crippen molar-refractivity contribution in [3.8, 4) is 0 Å². The van der Waals surface area contributed by atoms with Crippen LogP contribution < -0.4 is 0 Å². The van der Waals surface area contributed by atoms with Gasteiger partial charge in [0.25, 0.3) is 0 Å². The van der Waals surface area contributed by atoms with Gasteiger partial charge in [-0.15, -0.1) is 0 Å². The van der Waals surface area contributed by atoms with Crippen molar-refractivity contribution in [3.05, 3.63) is 18.2 Å². The second-order valence-electron chi connectivity index (χ2n) is 11.0. The third-order valence-corrected chi connectivity index (χ3v) is 7.30. The second kappa shape index (κ2) is 11.4. The number of nitrogens with zero attached hydrogens (tertiary/aromatic N) is 5. The Kier molecular flexibility index (Phi) is 8.77. The van der Waals surface area contributed by atoms with Crippen LogP contribution >= 0.6 is 0 Å². The first kappa shape index (κ1) is 26.2. The zero-order valence-corrected chi connectivity index (χ0v) is 21.9. The molecule has 2 fully saturated rings. The molecule has 1 unspecified atom stereocenters. The molecule has 8 heteroatoms. The van der Waals surface area contributed by atoms with Crippen molar-refractivity contribution in [1.29, 1.82) is 0 Å². The molecule has 1 aromatic heterocycles. The van der Waals surface area contributed by atoms with Crippen LogP contribution in [-0.2, 0) is 27.9 Å². The lowest BCUT2D eigenvalue weighted by Crippen LogP contribution is -2.63. The fourth-order valence-corrected chi connectivity index (χ4v) is 5.39. The molecule has 1 aromatic rings. The predicted molar refractivity (Wildman–Crippen MR) is 132 cm³/mol. The fourth-order valence-electron chi connectivity index (χ4n) is 5.39. The summed E-state index contributed by atoms with van der Waals surface area (Å²) in [4.78, 5) is 49.4. The van der Waals surface area contributed by atoms with Crippen LogP contribution in [0.25, 0.3) is 0 Å². The van der Waals surface area contributed by atoms with Crippen molar-refractivity contribution in [2.24, 2.45) is 24.8 Å². The number of aryl methyl sites for hydroxylation is 1. The predicted octanol–water partition coefficient (Wildman–Crippen LogP) is 2.72. The van der Waals surface area contributed by atoms with Gasteiger partial charge in [-0.25, -0.2) is 4.98 Å². The molecule has 2 atom stereocenters. The van der Waals surface area contributed by atoms with Crippen LogP contribution in [0.3, 0.4) is 0 Å². The molecule has 0 aromatic carbocycles. The monoisotopic (exact) mass is 473 g/mol. The van der Waals surface area contributed by atoms with Gasteiger partial charge in [-0.05, 0) is 43.4 Å². The van der Waals surface area contributed by atoms with Crippen LogP contribution in [0.4, 0.5) is 0 Å². The normalized spacial score (nSPS) is 21.0. The standard InChI is InChI=1S/C26H43N5O3/c1-18(2)15-22(31-14-13-30(20(5)32)23(26(31)34)16-19(3)4)25(33)29-10-7-21(8-11-29)17-24-27-9-12-28(24)6/h9,12,18-19,21-23H,7-8,10-11,13-17H2,1-6H3/t22?,23-/m0/s1. The molecule has 2 saturated heterocycles. The highest BCUT2D eigenvalue weighted by Gasteiger charge is 2.42. The Balaban J connectivity index is 1.70. The third kappa shape index (κ3) is 6.19. The molecule has 0 spiro atoms. The number of amides is 3. The Bertz CT molecular complexity index is 856. The summed E-state index contributed by atoms with van der Waals surface area (Å²) in [5, 5.41) is 0.